The molecule has 0 aromatic carbocycles. The number of hydrogen-bond donors (Lipinski definition) is 2. The highest BCUT2D eigenvalue weighted by Gasteiger charge is 2.24. The molecule has 5 nitrogen and oxygen atoms in total. The van der Waals surface area contributed by atoms with Crippen LogP contribution in [0.4, 0.5) is 0 Å². The Balaban J connectivity index is 0.00000400. The van der Waals surface area contributed by atoms with Gasteiger partial charge in [0.25, 0.3) is 0 Å². The van der Waals surface area contributed by atoms with Gasteiger partial charge in [-0.15, -0.1) is 12.4 Å². The molecule has 1 heterocycles. The number of hydrogen-bond acceptors (Lipinski definition) is 3. The van der Waals surface area contributed by atoms with Gasteiger partial charge in [-0.1, -0.05) is 20.3 Å². The Bertz CT molecular complexity index is 320. The molecule has 3 N–H and O–H groups in total. The van der Waals surface area contributed by atoms with E-state index in [-0.39, 0.29) is 24.9 Å². The average molecular weight is 320 g/mol. The molecule has 21 heavy (non-hydrogen) atoms. The second-order valence-corrected chi connectivity index (χ2v) is 5.90. The molecule has 1 atom stereocenters. The first-order valence-electron chi connectivity index (χ1n) is 7.81. The molecule has 1 unspecified atom stereocenters. The number of amides is 2. The Labute approximate surface area is 134 Å². The second-order valence-electron chi connectivity index (χ2n) is 5.90. The highest BCUT2D eigenvalue weighted by Crippen LogP contribution is 2.24. The first kappa shape index (κ1) is 20.2. The van der Waals surface area contributed by atoms with E-state index < -0.39 is 5.91 Å². The molecular formula is C15H30ClN3O2. The van der Waals surface area contributed by atoms with E-state index in [1.54, 1.807) is 4.90 Å². The lowest BCUT2D eigenvalue weighted by Gasteiger charge is -2.30. The summed E-state index contributed by atoms with van der Waals surface area (Å²) < 4.78 is 0. The van der Waals surface area contributed by atoms with Crippen LogP contribution in [0.2, 0.25) is 0 Å². The summed E-state index contributed by atoms with van der Waals surface area (Å²) in [7, 11) is 0. The zero-order valence-corrected chi connectivity index (χ0v) is 14.1. The van der Waals surface area contributed by atoms with E-state index in [9.17, 15) is 9.59 Å². The van der Waals surface area contributed by atoms with Gasteiger partial charge in [-0.25, -0.2) is 0 Å². The van der Waals surface area contributed by atoms with Gasteiger partial charge in [0.15, 0.2) is 0 Å². The summed E-state index contributed by atoms with van der Waals surface area (Å²) in [4.78, 5) is 25.1. The minimum atomic E-state index is -0.427. The van der Waals surface area contributed by atoms with Gasteiger partial charge in [0.1, 0.15) is 0 Å². The highest BCUT2D eigenvalue weighted by atomic mass is 35.5. The van der Waals surface area contributed by atoms with Crippen molar-refractivity contribution in [2.24, 2.45) is 17.6 Å². The van der Waals surface area contributed by atoms with Crippen LogP contribution >= 0.6 is 12.4 Å². The third-order valence-corrected chi connectivity index (χ3v) is 4.17. The molecule has 0 aliphatic carbocycles. The van der Waals surface area contributed by atoms with E-state index in [0.717, 1.165) is 38.8 Å². The van der Waals surface area contributed by atoms with Gasteiger partial charge in [-0.05, 0) is 44.2 Å². The molecule has 0 bridgehead atoms. The largest absolute Gasteiger partial charge is 0.368 e. The summed E-state index contributed by atoms with van der Waals surface area (Å²) >= 11 is 0. The molecule has 124 valence electrons. The molecule has 1 fully saturated rings. The normalized spacial score (nSPS) is 16.9. The number of primary amides is 1. The van der Waals surface area contributed by atoms with Gasteiger partial charge in [0.05, 0.1) is 6.54 Å². The smallest absolute Gasteiger partial charge is 0.237 e. The van der Waals surface area contributed by atoms with Gasteiger partial charge in [0, 0.05) is 13.0 Å². The first-order valence-corrected chi connectivity index (χ1v) is 7.81. The van der Waals surface area contributed by atoms with Crippen LogP contribution in [0.15, 0.2) is 0 Å². The number of carbonyl (C=O) groups excluding carboxylic acids is 2. The lowest BCUT2D eigenvalue weighted by molar-refractivity contribution is -0.136. The van der Waals surface area contributed by atoms with E-state index in [1.807, 2.05) is 0 Å². The average Bonchev–Trinajstić information content (AvgIpc) is 2.43. The summed E-state index contributed by atoms with van der Waals surface area (Å²) in [5, 5.41) is 3.34. The van der Waals surface area contributed by atoms with Crippen molar-refractivity contribution in [3.8, 4) is 0 Å². The van der Waals surface area contributed by atoms with Gasteiger partial charge in [-0.2, -0.15) is 0 Å². The van der Waals surface area contributed by atoms with Gasteiger partial charge in [0.2, 0.25) is 11.8 Å². The Morgan fingerprint density at radius 2 is 1.95 bits per heavy atom. The zero-order chi connectivity index (χ0) is 15.0. The summed E-state index contributed by atoms with van der Waals surface area (Å²) in [5.74, 6) is 0.635. The second kappa shape index (κ2) is 10.9. The maximum Gasteiger partial charge on any atom is 0.237 e. The number of nitrogens with zero attached hydrogens (tertiary/aromatic N) is 1. The van der Waals surface area contributed by atoms with E-state index in [1.165, 1.54) is 0 Å². The molecule has 1 saturated heterocycles. The van der Waals surface area contributed by atoms with E-state index in [0.29, 0.717) is 24.8 Å². The van der Waals surface area contributed by atoms with E-state index in [2.05, 4.69) is 19.2 Å². The van der Waals surface area contributed by atoms with Crippen molar-refractivity contribution < 1.29 is 9.59 Å². The topological polar surface area (TPSA) is 75.4 Å². The monoisotopic (exact) mass is 319 g/mol. The van der Waals surface area contributed by atoms with Crippen LogP contribution in [0.1, 0.15) is 46.0 Å². The van der Waals surface area contributed by atoms with Gasteiger partial charge < -0.3 is 16.0 Å². The van der Waals surface area contributed by atoms with Crippen molar-refractivity contribution in [1.82, 2.24) is 10.2 Å². The van der Waals surface area contributed by atoms with Crippen molar-refractivity contribution >= 4 is 24.2 Å². The summed E-state index contributed by atoms with van der Waals surface area (Å²) in [6.45, 7) is 7.00. The molecule has 0 saturated carbocycles. The summed E-state index contributed by atoms with van der Waals surface area (Å²) in [6, 6.07) is 0. The minimum absolute atomic E-state index is 0. The quantitative estimate of drug-likeness (QED) is 0.712. The SMILES string of the molecule is CCCCN(CC(N)=O)C(=O)CC(C)C1CCNCC1.Cl. The Kier molecular flexibility index (Phi) is 10.4. The van der Waals surface area contributed by atoms with Crippen LogP contribution in [-0.4, -0.2) is 42.9 Å². The third kappa shape index (κ3) is 7.67. The minimum Gasteiger partial charge on any atom is -0.368 e. The highest BCUT2D eigenvalue weighted by molar-refractivity contribution is 5.85. The number of halogens is 1. The molecule has 0 spiro atoms. The van der Waals surface area contributed by atoms with Crippen LogP contribution in [0, 0.1) is 11.8 Å². The first-order chi connectivity index (χ1) is 9.54. The number of unbranched alkanes of at least 4 members (excludes halogenated alkanes) is 1. The van der Waals surface area contributed by atoms with Crippen LogP contribution in [0.25, 0.3) is 0 Å². The molecule has 2 amide bonds. The standard InChI is InChI=1S/C15H29N3O2.ClH/c1-3-4-9-18(11-14(16)19)15(20)10-12(2)13-5-7-17-8-6-13;/h12-13,17H,3-11H2,1-2H3,(H2,16,19);1H. The van der Waals surface area contributed by atoms with Crippen molar-refractivity contribution in [3.63, 3.8) is 0 Å². The predicted octanol–water partition coefficient (Wildman–Crippen LogP) is 1.55. The van der Waals surface area contributed by atoms with Gasteiger partial charge >= 0.3 is 0 Å². The van der Waals surface area contributed by atoms with Crippen LogP contribution in [0.3, 0.4) is 0 Å². The molecule has 1 aliphatic heterocycles. The fraction of sp³-hybridized carbons (Fsp3) is 0.867. The Morgan fingerprint density at radius 3 is 2.48 bits per heavy atom. The number of carbonyl (C=O) groups is 2. The van der Waals surface area contributed by atoms with Crippen molar-refractivity contribution in [3.05, 3.63) is 0 Å². The lowest BCUT2D eigenvalue weighted by atomic mass is 9.84. The zero-order valence-electron chi connectivity index (χ0n) is 13.3. The van der Waals surface area contributed by atoms with E-state index in [4.69, 9.17) is 5.73 Å². The molecule has 0 aromatic heterocycles. The van der Waals surface area contributed by atoms with Crippen LogP contribution in [-0.2, 0) is 9.59 Å². The third-order valence-electron chi connectivity index (χ3n) is 4.17. The Morgan fingerprint density at radius 1 is 1.33 bits per heavy atom. The molecule has 0 radical (unpaired) electrons. The fourth-order valence-corrected chi connectivity index (χ4v) is 2.81. The molecule has 0 aromatic rings. The lowest BCUT2D eigenvalue weighted by Crippen LogP contribution is -2.40. The van der Waals surface area contributed by atoms with E-state index >= 15 is 0 Å². The number of nitrogens with one attached hydrogen (secondary N) is 1. The molecule has 1 aliphatic rings. The maximum absolute atomic E-state index is 12.3. The Hall–Kier alpha value is -0.810. The summed E-state index contributed by atoms with van der Waals surface area (Å²) in [5.41, 5.74) is 5.24. The number of nitrogens with two attached hydrogens (primary N) is 1. The van der Waals surface area contributed by atoms with Gasteiger partial charge in [-0.3, -0.25) is 9.59 Å². The molecule has 6 heteroatoms. The maximum atomic E-state index is 12.3. The van der Waals surface area contributed by atoms with Crippen LogP contribution < -0.4 is 11.1 Å². The fourth-order valence-electron chi connectivity index (χ4n) is 2.81. The van der Waals surface area contributed by atoms with Crippen molar-refractivity contribution in [2.75, 3.05) is 26.2 Å². The molecular weight excluding hydrogens is 290 g/mol. The summed E-state index contributed by atoms with van der Waals surface area (Å²) in [6.07, 6.45) is 4.73. The van der Waals surface area contributed by atoms with Crippen LogP contribution in [0.5, 0.6) is 0 Å². The van der Waals surface area contributed by atoms with Crippen molar-refractivity contribution in [1.29, 1.82) is 0 Å². The van der Waals surface area contributed by atoms with Crippen molar-refractivity contribution in [2.45, 2.75) is 46.0 Å². The predicted molar refractivity (Wildman–Crippen MR) is 87.3 cm³/mol. The number of piperidine rings is 1. The number of rotatable bonds is 8. The molecule has 1 rings (SSSR count).